The fraction of sp³-hybridized carbons (Fsp3) is 0.450. The SMILES string of the molecule is CC(C)(C)c1cc(NC(=O)Nc2cccs2)n(C2=NC(=O)C3CCCCC3=N2)n1. The number of anilines is 2. The van der Waals surface area contributed by atoms with Crippen LogP contribution in [-0.4, -0.2) is 33.4 Å². The van der Waals surface area contributed by atoms with Crippen LogP contribution < -0.4 is 10.6 Å². The molecule has 2 aromatic heterocycles. The summed E-state index contributed by atoms with van der Waals surface area (Å²) in [6.07, 6.45) is 3.64. The van der Waals surface area contributed by atoms with Crippen molar-refractivity contribution in [3.05, 3.63) is 29.3 Å². The Labute approximate surface area is 173 Å². The summed E-state index contributed by atoms with van der Waals surface area (Å²) in [5, 5.41) is 12.8. The molecule has 8 nitrogen and oxygen atoms in total. The molecule has 3 heterocycles. The predicted molar refractivity (Wildman–Crippen MR) is 115 cm³/mol. The van der Waals surface area contributed by atoms with E-state index in [4.69, 9.17) is 0 Å². The lowest BCUT2D eigenvalue weighted by atomic mass is 9.86. The van der Waals surface area contributed by atoms with Gasteiger partial charge in [0.2, 0.25) is 0 Å². The lowest BCUT2D eigenvalue weighted by molar-refractivity contribution is -0.120. The van der Waals surface area contributed by atoms with Gasteiger partial charge < -0.3 is 0 Å². The van der Waals surface area contributed by atoms with Crippen molar-refractivity contribution >= 4 is 45.8 Å². The second kappa shape index (κ2) is 7.55. The summed E-state index contributed by atoms with van der Waals surface area (Å²) in [7, 11) is 0. The van der Waals surface area contributed by atoms with Crippen LogP contribution in [0.4, 0.5) is 15.6 Å². The topological polar surface area (TPSA) is 101 Å². The summed E-state index contributed by atoms with van der Waals surface area (Å²) in [6.45, 7) is 6.10. The fourth-order valence-corrected chi connectivity index (χ4v) is 4.03. The van der Waals surface area contributed by atoms with Gasteiger partial charge in [0.25, 0.3) is 11.9 Å². The molecule has 1 saturated carbocycles. The highest BCUT2D eigenvalue weighted by molar-refractivity contribution is 7.14. The number of amides is 3. The first-order valence-corrected chi connectivity index (χ1v) is 10.6. The van der Waals surface area contributed by atoms with E-state index in [2.05, 4.69) is 25.7 Å². The summed E-state index contributed by atoms with van der Waals surface area (Å²) in [5.74, 6) is 0.259. The molecule has 29 heavy (non-hydrogen) atoms. The van der Waals surface area contributed by atoms with Gasteiger partial charge in [-0.1, -0.05) is 27.2 Å². The summed E-state index contributed by atoms with van der Waals surface area (Å²) in [4.78, 5) is 33.9. The van der Waals surface area contributed by atoms with Crippen LogP contribution in [0, 0.1) is 5.92 Å². The molecule has 0 saturated heterocycles. The van der Waals surface area contributed by atoms with Crippen molar-refractivity contribution in [1.82, 2.24) is 9.78 Å². The van der Waals surface area contributed by atoms with Crippen LogP contribution in [0.1, 0.15) is 52.1 Å². The van der Waals surface area contributed by atoms with Gasteiger partial charge in [-0.15, -0.1) is 11.3 Å². The number of urea groups is 1. The standard InChI is InChI=1S/C20H24N6O2S/c1-20(2,3)14-11-15(22-19(28)23-16-9-6-10-29-16)26(25-14)18-21-13-8-5-4-7-12(13)17(27)24-18/h6,9-12H,4-5,7-8H2,1-3H3,(H2,22,23,28). The zero-order valence-corrected chi connectivity index (χ0v) is 17.5. The highest BCUT2D eigenvalue weighted by Gasteiger charge is 2.32. The molecular formula is C20H24N6O2S. The number of nitrogens with zero attached hydrogens (tertiary/aromatic N) is 4. The largest absolute Gasteiger partial charge is 0.325 e. The Morgan fingerprint density at radius 2 is 2.07 bits per heavy atom. The molecule has 2 aromatic rings. The molecule has 1 atom stereocenters. The monoisotopic (exact) mass is 412 g/mol. The van der Waals surface area contributed by atoms with E-state index < -0.39 is 0 Å². The van der Waals surface area contributed by atoms with Crippen molar-refractivity contribution in [3.8, 4) is 0 Å². The minimum absolute atomic E-state index is 0.175. The quantitative estimate of drug-likeness (QED) is 0.770. The zero-order chi connectivity index (χ0) is 20.6. The second-order valence-corrected chi connectivity index (χ2v) is 9.23. The number of carbonyl (C=O) groups is 2. The Balaban J connectivity index is 1.67. The number of thiophene rings is 1. The predicted octanol–water partition coefficient (Wildman–Crippen LogP) is 4.26. The molecule has 0 aromatic carbocycles. The summed E-state index contributed by atoms with van der Waals surface area (Å²) in [6, 6.07) is 5.09. The molecule has 2 N–H and O–H groups in total. The average molecular weight is 413 g/mol. The second-order valence-electron chi connectivity index (χ2n) is 8.28. The number of aromatic nitrogens is 2. The molecule has 1 aliphatic carbocycles. The minimum atomic E-state index is -0.389. The number of hydrogen-bond acceptors (Lipinski definition) is 5. The Kier molecular flexibility index (Phi) is 5.08. The summed E-state index contributed by atoms with van der Waals surface area (Å²) < 4.78 is 1.46. The van der Waals surface area contributed by atoms with Gasteiger partial charge in [-0.25, -0.2) is 9.79 Å². The van der Waals surface area contributed by atoms with E-state index in [0.29, 0.717) is 5.82 Å². The number of rotatable bonds is 2. The first-order chi connectivity index (χ1) is 13.8. The Hall–Kier alpha value is -2.81. The van der Waals surface area contributed by atoms with Gasteiger partial charge in [0.1, 0.15) is 5.82 Å². The van der Waals surface area contributed by atoms with E-state index in [1.165, 1.54) is 16.0 Å². The molecule has 2 aliphatic rings. The van der Waals surface area contributed by atoms with E-state index in [1.54, 1.807) is 6.07 Å². The van der Waals surface area contributed by atoms with Gasteiger partial charge in [-0.2, -0.15) is 14.8 Å². The van der Waals surface area contributed by atoms with Gasteiger partial charge in [0, 0.05) is 17.2 Å². The maximum absolute atomic E-state index is 12.6. The number of hydrogen-bond donors (Lipinski definition) is 2. The van der Waals surface area contributed by atoms with E-state index in [9.17, 15) is 9.59 Å². The third-order valence-corrected chi connectivity index (χ3v) is 5.78. The number of carbonyl (C=O) groups excluding carboxylic acids is 2. The normalized spacial score (nSPS) is 19.3. The van der Waals surface area contributed by atoms with Crippen molar-refractivity contribution in [2.24, 2.45) is 15.9 Å². The lowest BCUT2D eigenvalue weighted by Gasteiger charge is -2.24. The third-order valence-electron chi connectivity index (χ3n) is 5.00. The molecular weight excluding hydrogens is 388 g/mol. The van der Waals surface area contributed by atoms with Crippen molar-refractivity contribution in [3.63, 3.8) is 0 Å². The molecule has 1 unspecified atom stereocenters. The van der Waals surface area contributed by atoms with Crippen LogP contribution in [0.5, 0.6) is 0 Å². The maximum atomic E-state index is 12.6. The maximum Gasteiger partial charge on any atom is 0.325 e. The Morgan fingerprint density at radius 1 is 1.24 bits per heavy atom. The van der Waals surface area contributed by atoms with Crippen LogP contribution in [0.15, 0.2) is 33.6 Å². The smallest absolute Gasteiger partial charge is 0.299 e. The van der Waals surface area contributed by atoms with Gasteiger partial charge in [-0.05, 0) is 36.8 Å². The van der Waals surface area contributed by atoms with Crippen molar-refractivity contribution in [2.45, 2.75) is 51.9 Å². The van der Waals surface area contributed by atoms with Crippen LogP contribution in [0.2, 0.25) is 0 Å². The third kappa shape index (κ3) is 4.14. The van der Waals surface area contributed by atoms with E-state index in [-0.39, 0.29) is 29.2 Å². The van der Waals surface area contributed by atoms with Crippen LogP contribution in [0.3, 0.4) is 0 Å². The number of nitrogens with one attached hydrogen (secondary N) is 2. The summed E-state index contributed by atoms with van der Waals surface area (Å²) in [5.41, 5.74) is 1.39. The lowest BCUT2D eigenvalue weighted by Crippen LogP contribution is -2.34. The van der Waals surface area contributed by atoms with Gasteiger partial charge in [-0.3, -0.25) is 15.4 Å². The molecule has 1 aliphatic heterocycles. The van der Waals surface area contributed by atoms with E-state index >= 15 is 0 Å². The van der Waals surface area contributed by atoms with Crippen LogP contribution >= 0.6 is 11.3 Å². The van der Waals surface area contributed by atoms with Gasteiger partial charge in [0.05, 0.1) is 16.6 Å². The molecule has 9 heteroatoms. The number of fused-ring (bicyclic) bond motifs is 1. The van der Waals surface area contributed by atoms with Crippen molar-refractivity contribution < 1.29 is 9.59 Å². The molecule has 0 radical (unpaired) electrons. The van der Waals surface area contributed by atoms with Crippen LogP contribution in [0.25, 0.3) is 0 Å². The van der Waals surface area contributed by atoms with Crippen LogP contribution in [-0.2, 0) is 10.2 Å². The van der Waals surface area contributed by atoms with E-state index in [0.717, 1.165) is 42.1 Å². The Bertz CT molecular complexity index is 997. The first kappa shape index (κ1) is 19.5. The highest BCUT2D eigenvalue weighted by Crippen LogP contribution is 2.28. The zero-order valence-electron chi connectivity index (χ0n) is 16.7. The molecule has 1 fully saturated rings. The minimum Gasteiger partial charge on any atom is -0.299 e. The number of aliphatic imine (C=N–C) groups is 2. The molecule has 0 bridgehead atoms. The Morgan fingerprint density at radius 3 is 2.79 bits per heavy atom. The van der Waals surface area contributed by atoms with E-state index in [1.807, 2.05) is 38.3 Å². The molecule has 3 amide bonds. The van der Waals surface area contributed by atoms with Crippen molar-refractivity contribution in [1.29, 1.82) is 0 Å². The highest BCUT2D eigenvalue weighted by atomic mass is 32.1. The molecule has 4 rings (SSSR count). The molecule has 0 spiro atoms. The van der Waals surface area contributed by atoms with Crippen molar-refractivity contribution in [2.75, 3.05) is 10.6 Å². The van der Waals surface area contributed by atoms with Gasteiger partial charge in [0.15, 0.2) is 0 Å². The molecule has 152 valence electrons. The fourth-order valence-electron chi connectivity index (χ4n) is 3.42. The summed E-state index contributed by atoms with van der Waals surface area (Å²) >= 11 is 1.43. The van der Waals surface area contributed by atoms with Gasteiger partial charge >= 0.3 is 6.03 Å². The average Bonchev–Trinajstić information content (AvgIpc) is 3.31. The first-order valence-electron chi connectivity index (χ1n) is 9.74.